The number of likely N-dealkylation sites (tertiary alicyclic amines) is 1. The number of benzene rings is 1. The maximum Gasteiger partial charge on any atom is 0.246 e. The summed E-state index contributed by atoms with van der Waals surface area (Å²) in [5.74, 6) is 2.74. The lowest BCUT2D eigenvalue weighted by Gasteiger charge is -2.21. The van der Waals surface area contributed by atoms with Crippen molar-refractivity contribution in [3.63, 3.8) is 0 Å². The Morgan fingerprint density at radius 1 is 1.23 bits per heavy atom. The van der Waals surface area contributed by atoms with Gasteiger partial charge in [-0.3, -0.25) is 4.99 Å². The lowest BCUT2D eigenvalue weighted by molar-refractivity contribution is 0.275. The minimum atomic E-state index is 0. The van der Waals surface area contributed by atoms with Gasteiger partial charge in [-0.25, -0.2) is 0 Å². The summed E-state index contributed by atoms with van der Waals surface area (Å²) in [5.41, 5.74) is 0.875. The molecule has 1 aliphatic carbocycles. The minimum absolute atomic E-state index is 0. The predicted octanol–water partition coefficient (Wildman–Crippen LogP) is 3.94. The quantitative estimate of drug-likeness (QED) is 0.326. The summed E-state index contributed by atoms with van der Waals surface area (Å²) in [4.78, 5) is 11.4. The van der Waals surface area contributed by atoms with Crippen LogP contribution in [0.1, 0.15) is 38.0 Å². The van der Waals surface area contributed by atoms with Gasteiger partial charge in [-0.1, -0.05) is 29.6 Å². The summed E-state index contributed by atoms with van der Waals surface area (Å²) in [7, 11) is 1.79. The topological polar surface area (TPSA) is 78.6 Å². The molecule has 0 radical (unpaired) electrons. The second-order valence-electron chi connectivity index (χ2n) is 7.98. The number of hydrogen-bond acceptors (Lipinski definition) is 5. The Balaban J connectivity index is 0.00000256. The smallest absolute Gasteiger partial charge is 0.246 e. The van der Waals surface area contributed by atoms with Crippen LogP contribution < -0.4 is 10.6 Å². The van der Waals surface area contributed by atoms with Crippen LogP contribution in [-0.4, -0.2) is 53.7 Å². The zero-order valence-corrected chi connectivity index (χ0v) is 20.4. The van der Waals surface area contributed by atoms with Gasteiger partial charge in [-0.05, 0) is 49.4 Å². The Morgan fingerprint density at radius 3 is 2.73 bits per heavy atom. The molecule has 164 valence electrons. The van der Waals surface area contributed by atoms with E-state index in [4.69, 9.17) is 16.1 Å². The molecule has 1 unspecified atom stereocenters. The van der Waals surface area contributed by atoms with Gasteiger partial charge in [0.15, 0.2) is 5.96 Å². The van der Waals surface area contributed by atoms with Crippen molar-refractivity contribution in [1.82, 2.24) is 25.7 Å². The van der Waals surface area contributed by atoms with E-state index in [1.807, 2.05) is 24.3 Å². The molecule has 2 fully saturated rings. The summed E-state index contributed by atoms with van der Waals surface area (Å²) >= 11 is 5.93. The SMILES string of the molecule is CN=C(NCc1nc(-c2ccc(Cl)cc2)no1)NC1CCN(CC2CCCC2)C1.I. The average Bonchev–Trinajstić information content (AvgIpc) is 3.49. The molecule has 1 atom stereocenters. The minimum Gasteiger partial charge on any atom is -0.352 e. The van der Waals surface area contributed by atoms with Gasteiger partial charge in [-0.2, -0.15) is 4.98 Å². The summed E-state index contributed by atoms with van der Waals surface area (Å²) in [6.45, 7) is 3.93. The summed E-state index contributed by atoms with van der Waals surface area (Å²) in [6.07, 6.45) is 6.77. The Labute approximate surface area is 200 Å². The highest BCUT2D eigenvalue weighted by Gasteiger charge is 2.26. The number of rotatable bonds is 6. The fourth-order valence-electron chi connectivity index (χ4n) is 4.26. The Bertz CT molecular complexity index is 821. The average molecular weight is 545 g/mol. The predicted molar refractivity (Wildman–Crippen MR) is 130 cm³/mol. The van der Waals surface area contributed by atoms with Crippen LogP contribution in [-0.2, 0) is 6.54 Å². The molecule has 1 aromatic carbocycles. The van der Waals surface area contributed by atoms with E-state index in [0.29, 0.717) is 29.3 Å². The van der Waals surface area contributed by atoms with Crippen molar-refractivity contribution >= 4 is 41.5 Å². The number of hydrogen-bond donors (Lipinski definition) is 2. The number of aliphatic imine (C=N–C) groups is 1. The molecule has 1 saturated heterocycles. The van der Waals surface area contributed by atoms with Crippen molar-refractivity contribution in [3.05, 3.63) is 35.2 Å². The molecule has 9 heteroatoms. The van der Waals surface area contributed by atoms with Crippen LogP contribution in [0.3, 0.4) is 0 Å². The third kappa shape index (κ3) is 6.31. The van der Waals surface area contributed by atoms with Crippen LogP contribution in [0.25, 0.3) is 11.4 Å². The van der Waals surface area contributed by atoms with Crippen molar-refractivity contribution in [2.75, 3.05) is 26.7 Å². The fraction of sp³-hybridized carbons (Fsp3) is 0.571. The second-order valence-corrected chi connectivity index (χ2v) is 8.42. The van der Waals surface area contributed by atoms with Crippen molar-refractivity contribution < 1.29 is 4.52 Å². The van der Waals surface area contributed by atoms with Gasteiger partial charge in [0.25, 0.3) is 0 Å². The molecule has 2 heterocycles. The maximum atomic E-state index is 5.93. The first kappa shape index (κ1) is 23.3. The van der Waals surface area contributed by atoms with Gasteiger partial charge >= 0.3 is 0 Å². The normalized spacial score (nSPS) is 20.3. The van der Waals surface area contributed by atoms with Crippen LogP contribution in [0.5, 0.6) is 0 Å². The molecule has 2 aliphatic rings. The van der Waals surface area contributed by atoms with E-state index < -0.39 is 0 Å². The first-order valence-corrected chi connectivity index (χ1v) is 10.9. The highest BCUT2D eigenvalue weighted by molar-refractivity contribution is 14.0. The molecule has 30 heavy (non-hydrogen) atoms. The van der Waals surface area contributed by atoms with E-state index in [9.17, 15) is 0 Å². The molecule has 4 rings (SSSR count). The summed E-state index contributed by atoms with van der Waals surface area (Å²) < 4.78 is 5.36. The van der Waals surface area contributed by atoms with Gasteiger partial charge in [0.1, 0.15) is 0 Å². The van der Waals surface area contributed by atoms with Crippen LogP contribution in [0.15, 0.2) is 33.8 Å². The number of halogens is 2. The molecule has 7 nitrogen and oxygen atoms in total. The standard InChI is InChI=1S/C21H29ClN6O.HI/c1-23-21(25-18-10-11-28(14-18)13-15-4-2-3-5-15)24-12-19-26-20(27-29-19)16-6-8-17(22)9-7-16;/h6-9,15,18H,2-5,10-14H2,1H3,(H2,23,24,25);1H. The van der Waals surface area contributed by atoms with Gasteiger partial charge in [-0.15, -0.1) is 24.0 Å². The van der Waals surface area contributed by atoms with Crippen molar-refractivity contribution in [1.29, 1.82) is 0 Å². The first-order valence-electron chi connectivity index (χ1n) is 10.5. The van der Waals surface area contributed by atoms with Crippen LogP contribution >= 0.6 is 35.6 Å². The van der Waals surface area contributed by atoms with Gasteiger partial charge < -0.3 is 20.1 Å². The molecular formula is C21H30ClIN6O. The summed E-state index contributed by atoms with van der Waals surface area (Å²) in [6, 6.07) is 7.81. The van der Waals surface area contributed by atoms with E-state index in [1.54, 1.807) is 7.05 Å². The van der Waals surface area contributed by atoms with E-state index >= 15 is 0 Å². The highest BCUT2D eigenvalue weighted by atomic mass is 127. The monoisotopic (exact) mass is 544 g/mol. The zero-order chi connectivity index (χ0) is 20.1. The number of guanidine groups is 1. The lowest BCUT2D eigenvalue weighted by atomic mass is 10.1. The number of aromatic nitrogens is 2. The number of nitrogens with zero attached hydrogens (tertiary/aromatic N) is 4. The van der Waals surface area contributed by atoms with Crippen LogP contribution in [0.4, 0.5) is 0 Å². The third-order valence-corrected chi connectivity index (χ3v) is 6.06. The van der Waals surface area contributed by atoms with Crippen LogP contribution in [0, 0.1) is 5.92 Å². The van der Waals surface area contributed by atoms with E-state index in [-0.39, 0.29) is 24.0 Å². The molecule has 2 N–H and O–H groups in total. The largest absolute Gasteiger partial charge is 0.352 e. The van der Waals surface area contributed by atoms with Gasteiger partial charge in [0.2, 0.25) is 11.7 Å². The molecule has 1 saturated carbocycles. The molecule has 1 aromatic heterocycles. The first-order chi connectivity index (χ1) is 14.2. The fourth-order valence-corrected chi connectivity index (χ4v) is 4.39. The van der Waals surface area contributed by atoms with Crippen molar-refractivity contribution in [2.45, 2.75) is 44.7 Å². The second kappa shape index (κ2) is 11.3. The highest BCUT2D eigenvalue weighted by Crippen LogP contribution is 2.26. The third-order valence-electron chi connectivity index (χ3n) is 5.81. The lowest BCUT2D eigenvalue weighted by Crippen LogP contribution is -2.44. The van der Waals surface area contributed by atoms with Crippen LogP contribution in [0.2, 0.25) is 5.02 Å². The molecule has 0 spiro atoms. The summed E-state index contributed by atoms with van der Waals surface area (Å²) in [5, 5.41) is 11.5. The molecule has 0 amide bonds. The maximum absolute atomic E-state index is 5.93. The van der Waals surface area contributed by atoms with E-state index in [1.165, 1.54) is 38.8 Å². The molecule has 2 aromatic rings. The zero-order valence-electron chi connectivity index (χ0n) is 17.3. The Hall–Kier alpha value is -1.39. The number of nitrogens with one attached hydrogen (secondary N) is 2. The Morgan fingerprint density at radius 2 is 2.00 bits per heavy atom. The van der Waals surface area contributed by atoms with Crippen molar-refractivity contribution in [3.8, 4) is 11.4 Å². The van der Waals surface area contributed by atoms with Gasteiger partial charge in [0, 0.05) is 43.3 Å². The van der Waals surface area contributed by atoms with Gasteiger partial charge in [0.05, 0.1) is 6.54 Å². The molecule has 1 aliphatic heterocycles. The molecular weight excluding hydrogens is 515 g/mol. The van der Waals surface area contributed by atoms with Crippen molar-refractivity contribution in [2.24, 2.45) is 10.9 Å². The Kier molecular flexibility index (Phi) is 8.76. The molecule has 0 bridgehead atoms. The van der Waals surface area contributed by atoms with E-state index in [0.717, 1.165) is 30.4 Å². The van der Waals surface area contributed by atoms with E-state index in [2.05, 4.69) is 30.7 Å².